The number of rotatable bonds is 11. The quantitative estimate of drug-likeness (QED) is 0.154. The van der Waals surface area contributed by atoms with Gasteiger partial charge >= 0.3 is 0 Å². The van der Waals surface area contributed by atoms with Gasteiger partial charge in [-0.25, -0.2) is 4.98 Å². The number of ether oxygens (including phenoxy) is 1. The molecule has 2 heterocycles. The highest BCUT2D eigenvalue weighted by Crippen LogP contribution is 2.35. The van der Waals surface area contributed by atoms with Crippen molar-refractivity contribution in [3.8, 4) is 16.9 Å². The fourth-order valence-corrected chi connectivity index (χ4v) is 5.89. The van der Waals surface area contributed by atoms with Crippen LogP contribution in [0.1, 0.15) is 45.2 Å². The lowest BCUT2D eigenvalue weighted by Gasteiger charge is -2.28. The Morgan fingerprint density at radius 1 is 0.913 bits per heavy atom. The topological polar surface area (TPSA) is 111 Å². The number of hydrogen-bond acceptors (Lipinski definition) is 5. The van der Waals surface area contributed by atoms with Crippen molar-refractivity contribution in [1.82, 2.24) is 20.2 Å². The number of imidazole rings is 1. The van der Waals surface area contributed by atoms with Gasteiger partial charge in [0.05, 0.1) is 24.2 Å². The van der Waals surface area contributed by atoms with E-state index < -0.39 is 17.9 Å². The molecule has 1 aliphatic rings. The molecule has 4 N–H and O–H groups in total. The molecule has 10 heteroatoms. The number of aromatic nitrogens is 2. The van der Waals surface area contributed by atoms with Gasteiger partial charge in [0.15, 0.2) is 0 Å². The maximum Gasteiger partial charge on any atom is 0.255 e. The van der Waals surface area contributed by atoms with Crippen molar-refractivity contribution in [3.05, 3.63) is 142 Å². The second-order valence-electron chi connectivity index (χ2n) is 11.3. The van der Waals surface area contributed by atoms with Gasteiger partial charge < -0.3 is 25.7 Å². The Balaban J connectivity index is 1.11. The molecular formula is C36H33Cl2N5O3. The first-order valence-electron chi connectivity index (χ1n) is 15.0. The van der Waals surface area contributed by atoms with E-state index in [1.807, 2.05) is 48.9 Å². The number of hydrogen-bond donors (Lipinski definition) is 3. The SMILES string of the molecule is NC(=O)[C@H](Cc1ccc(Cl)cc1)NC(=O)c1cccc2c1OCCC2NCc1cncn1Cc1ccc(-c2ccc(Cl)cc2)cc1. The van der Waals surface area contributed by atoms with E-state index in [1.165, 1.54) is 0 Å². The molecule has 1 aliphatic heterocycles. The van der Waals surface area contributed by atoms with E-state index in [4.69, 9.17) is 33.7 Å². The van der Waals surface area contributed by atoms with Gasteiger partial charge in [-0.3, -0.25) is 9.59 Å². The number of para-hydroxylation sites is 1. The first-order valence-corrected chi connectivity index (χ1v) is 15.8. The monoisotopic (exact) mass is 653 g/mol. The highest BCUT2D eigenvalue weighted by Gasteiger charge is 2.28. The summed E-state index contributed by atoms with van der Waals surface area (Å²) in [6, 6.07) is 27.9. The Bertz CT molecular complexity index is 1820. The molecule has 0 saturated heterocycles. The molecule has 4 aromatic carbocycles. The first-order chi connectivity index (χ1) is 22.3. The zero-order valence-corrected chi connectivity index (χ0v) is 26.5. The summed E-state index contributed by atoms with van der Waals surface area (Å²) in [6.07, 6.45) is 4.69. The molecule has 0 saturated carbocycles. The predicted octanol–water partition coefficient (Wildman–Crippen LogP) is 6.35. The number of benzene rings is 4. The van der Waals surface area contributed by atoms with Crippen molar-refractivity contribution in [1.29, 1.82) is 0 Å². The number of fused-ring (bicyclic) bond motifs is 1. The zero-order chi connectivity index (χ0) is 32.0. The van der Waals surface area contributed by atoms with E-state index in [9.17, 15) is 9.59 Å². The van der Waals surface area contributed by atoms with E-state index in [1.54, 1.807) is 30.3 Å². The van der Waals surface area contributed by atoms with Gasteiger partial charge in [0, 0.05) is 53.8 Å². The van der Waals surface area contributed by atoms with Gasteiger partial charge in [-0.1, -0.05) is 83.9 Å². The molecule has 2 atom stereocenters. The van der Waals surface area contributed by atoms with E-state index in [-0.39, 0.29) is 12.5 Å². The second-order valence-corrected chi connectivity index (χ2v) is 12.1. The molecule has 5 aromatic rings. The van der Waals surface area contributed by atoms with Crippen LogP contribution in [0.2, 0.25) is 10.0 Å². The number of carbonyl (C=O) groups excluding carboxylic acids is 2. The van der Waals surface area contributed by atoms with Gasteiger partial charge in [0.25, 0.3) is 5.91 Å². The Morgan fingerprint density at radius 2 is 1.57 bits per heavy atom. The average Bonchev–Trinajstić information content (AvgIpc) is 3.51. The Labute approximate surface area is 277 Å². The molecule has 2 amide bonds. The Hall–Kier alpha value is -4.63. The third-order valence-corrected chi connectivity index (χ3v) is 8.64. The Kier molecular flexibility index (Phi) is 9.68. The van der Waals surface area contributed by atoms with Crippen molar-refractivity contribution >= 4 is 35.0 Å². The van der Waals surface area contributed by atoms with Crippen molar-refractivity contribution in [2.45, 2.75) is 38.0 Å². The van der Waals surface area contributed by atoms with E-state index in [0.29, 0.717) is 36.0 Å². The van der Waals surface area contributed by atoms with Crippen molar-refractivity contribution in [2.24, 2.45) is 5.73 Å². The number of nitrogens with two attached hydrogens (primary N) is 1. The fourth-order valence-electron chi connectivity index (χ4n) is 5.64. The average molecular weight is 655 g/mol. The number of nitrogens with zero attached hydrogens (tertiary/aromatic N) is 2. The Morgan fingerprint density at radius 3 is 2.26 bits per heavy atom. The molecule has 1 aromatic heterocycles. The normalized spacial score (nSPS) is 14.6. The summed E-state index contributed by atoms with van der Waals surface area (Å²) in [5.41, 5.74) is 12.2. The minimum absolute atomic E-state index is 0.0421. The minimum atomic E-state index is -0.893. The van der Waals surface area contributed by atoms with Crippen LogP contribution in [0.4, 0.5) is 0 Å². The summed E-state index contributed by atoms with van der Waals surface area (Å²) in [5, 5.41) is 7.74. The lowest BCUT2D eigenvalue weighted by Crippen LogP contribution is -2.46. The van der Waals surface area contributed by atoms with Crippen LogP contribution in [0.3, 0.4) is 0 Å². The zero-order valence-electron chi connectivity index (χ0n) is 25.0. The molecule has 8 nitrogen and oxygen atoms in total. The lowest BCUT2D eigenvalue weighted by molar-refractivity contribution is -0.119. The number of primary amides is 1. The van der Waals surface area contributed by atoms with Crippen molar-refractivity contribution < 1.29 is 14.3 Å². The van der Waals surface area contributed by atoms with Gasteiger partial charge in [-0.05, 0) is 52.6 Å². The van der Waals surface area contributed by atoms with Crippen LogP contribution in [0.5, 0.6) is 5.75 Å². The molecule has 234 valence electrons. The highest BCUT2D eigenvalue weighted by atomic mass is 35.5. The summed E-state index contributed by atoms with van der Waals surface area (Å²) in [5.74, 6) is -0.536. The molecular weight excluding hydrogens is 621 g/mol. The molecule has 0 spiro atoms. The smallest absolute Gasteiger partial charge is 0.255 e. The lowest BCUT2D eigenvalue weighted by atomic mass is 9.96. The van der Waals surface area contributed by atoms with Crippen LogP contribution in [0.25, 0.3) is 11.1 Å². The molecule has 0 aliphatic carbocycles. The standard InChI is InChI=1S/C36H33Cl2N5O3/c37-27-12-6-23(7-13-27)18-33(35(39)44)42-36(45)31-3-1-2-30-32(16-17-46-34(30)31)41-20-29-19-40-22-43(29)21-24-4-8-25(9-5-24)26-10-14-28(38)15-11-26/h1-15,19,22,32-33,41H,16-18,20-21H2,(H2,39,44)(H,42,45)/t32?,33-/m0/s1. The van der Waals surface area contributed by atoms with Crippen LogP contribution >= 0.6 is 23.2 Å². The second kappa shape index (κ2) is 14.2. The van der Waals surface area contributed by atoms with Gasteiger partial charge in [0.2, 0.25) is 5.91 Å². The van der Waals surface area contributed by atoms with Crippen LogP contribution in [-0.4, -0.2) is 34.0 Å². The van der Waals surface area contributed by atoms with Gasteiger partial charge in [-0.15, -0.1) is 0 Å². The number of carbonyl (C=O) groups is 2. The molecule has 0 bridgehead atoms. The summed E-state index contributed by atoms with van der Waals surface area (Å²) >= 11 is 12.0. The van der Waals surface area contributed by atoms with Gasteiger partial charge in [-0.2, -0.15) is 0 Å². The third kappa shape index (κ3) is 7.42. The van der Waals surface area contributed by atoms with Crippen LogP contribution in [-0.2, 0) is 24.3 Å². The summed E-state index contributed by atoms with van der Waals surface area (Å²) in [4.78, 5) is 30.0. The molecule has 0 fully saturated rings. The minimum Gasteiger partial charge on any atom is -0.492 e. The number of amides is 2. The molecule has 46 heavy (non-hydrogen) atoms. The number of halogens is 2. The summed E-state index contributed by atoms with van der Waals surface area (Å²) < 4.78 is 8.13. The summed E-state index contributed by atoms with van der Waals surface area (Å²) in [6.45, 7) is 1.70. The first kappa shape index (κ1) is 31.4. The van der Waals surface area contributed by atoms with E-state index in [2.05, 4.69) is 44.5 Å². The fraction of sp³-hybridized carbons (Fsp3) is 0.194. The third-order valence-electron chi connectivity index (χ3n) is 8.13. The van der Waals surface area contributed by atoms with Crippen LogP contribution < -0.4 is 21.1 Å². The molecule has 6 rings (SSSR count). The van der Waals surface area contributed by atoms with Crippen LogP contribution in [0, 0.1) is 0 Å². The summed E-state index contributed by atoms with van der Waals surface area (Å²) in [7, 11) is 0. The largest absolute Gasteiger partial charge is 0.492 e. The molecule has 0 radical (unpaired) electrons. The number of nitrogens with one attached hydrogen (secondary N) is 2. The van der Waals surface area contributed by atoms with E-state index >= 15 is 0 Å². The van der Waals surface area contributed by atoms with Crippen molar-refractivity contribution in [2.75, 3.05) is 6.61 Å². The predicted molar refractivity (Wildman–Crippen MR) is 180 cm³/mol. The van der Waals surface area contributed by atoms with Gasteiger partial charge in [0.1, 0.15) is 11.8 Å². The molecule has 1 unspecified atom stereocenters. The highest BCUT2D eigenvalue weighted by molar-refractivity contribution is 6.30. The maximum atomic E-state index is 13.4. The maximum absolute atomic E-state index is 13.4. The van der Waals surface area contributed by atoms with Crippen molar-refractivity contribution in [3.63, 3.8) is 0 Å². The van der Waals surface area contributed by atoms with Crippen LogP contribution in [0.15, 0.2) is 104 Å². The van der Waals surface area contributed by atoms with E-state index in [0.717, 1.165) is 45.0 Å².